The number of hydrogen-bond acceptors (Lipinski definition) is 3. The molecule has 98 valence electrons. The van der Waals surface area contributed by atoms with E-state index < -0.39 is 6.10 Å². The van der Waals surface area contributed by atoms with E-state index in [9.17, 15) is 5.11 Å². The maximum absolute atomic E-state index is 10.3. The van der Waals surface area contributed by atoms with Crippen molar-refractivity contribution in [3.63, 3.8) is 0 Å². The predicted octanol–water partition coefficient (Wildman–Crippen LogP) is 1.53. The van der Waals surface area contributed by atoms with Gasteiger partial charge in [-0.3, -0.25) is 9.36 Å². The number of rotatable bonds is 4. The van der Waals surface area contributed by atoms with Gasteiger partial charge in [0.15, 0.2) is 0 Å². The summed E-state index contributed by atoms with van der Waals surface area (Å²) < 4.78 is 3.67. The van der Waals surface area contributed by atoms with Gasteiger partial charge in [0.25, 0.3) is 0 Å². The number of aryl methyl sites for hydroxylation is 4. The highest BCUT2D eigenvalue weighted by atomic mass is 16.3. The molecule has 2 rings (SSSR count). The van der Waals surface area contributed by atoms with Crippen LogP contribution in [0.15, 0.2) is 12.1 Å². The quantitative estimate of drug-likeness (QED) is 0.892. The van der Waals surface area contributed by atoms with E-state index in [1.165, 1.54) is 0 Å². The summed E-state index contributed by atoms with van der Waals surface area (Å²) in [5.74, 6) is 0. The SMILES string of the molecule is CCn1nc(C)cc1C(O)Cc1cc(C)nn1C. The Bertz CT molecular complexity index is 541. The van der Waals surface area contributed by atoms with Gasteiger partial charge in [-0.15, -0.1) is 0 Å². The first-order valence-corrected chi connectivity index (χ1v) is 6.23. The van der Waals surface area contributed by atoms with Crippen molar-refractivity contribution in [1.82, 2.24) is 19.6 Å². The lowest BCUT2D eigenvalue weighted by Gasteiger charge is -2.12. The molecular weight excluding hydrogens is 228 g/mol. The van der Waals surface area contributed by atoms with E-state index in [1.807, 2.05) is 49.3 Å². The smallest absolute Gasteiger partial charge is 0.101 e. The maximum Gasteiger partial charge on any atom is 0.101 e. The minimum absolute atomic E-state index is 0.541. The monoisotopic (exact) mass is 248 g/mol. The van der Waals surface area contributed by atoms with Crippen molar-refractivity contribution >= 4 is 0 Å². The number of aliphatic hydroxyl groups excluding tert-OH is 1. The zero-order valence-corrected chi connectivity index (χ0v) is 11.4. The Kier molecular flexibility index (Phi) is 3.52. The lowest BCUT2D eigenvalue weighted by Crippen LogP contribution is -2.12. The third kappa shape index (κ3) is 2.46. The van der Waals surface area contributed by atoms with E-state index in [0.717, 1.165) is 29.3 Å². The largest absolute Gasteiger partial charge is 0.386 e. The Labute approximate surface area is 107 Å². The van der Waals surface area contributed by atoms with Crippen LogP contribution in [0.5, 0.6) is 0 Å². The molecule has 1 N–H and O–H groups in total. The number of nitrogens with zero attached hydrogens (tertiary/aromatic N) is 4. The summed E-state index contributed by atoms with van der Waals surface area (Å²) in [5.41, 5.74) is 3.81. The summed E-state index contributed by atoms with van der Waals surface area (Å²) in [6.07, 6.45) is 0.0172. The van der Waals surface area contributed by atoms with Gasteiger partial charge < -0.3 is 5.11 Å². The highest BCUT2D eigenvalue weighted by Gasteiger charge is 2.16. The van der Waals surface area contributed by atoms with Gasteiger partial charge in [0, 0.05) is 25.7 Å². The van der Waals surface area contributed by atoms with Crippen molar-refractivity contribution < 1.29 is 5.11 Å². The van der Waals surface area contributed by atoms with Crippen LogP contribution in [0.4, 0.5) is 0 Å². The Hall–Kier alpha value is -1.62. The first kappa shape index (κ1) is 12.8. The van der Waals surface area contributed by atoms with E-state index in [4.69, 9.17) is 0 Å². The van der Waals surface area contributed by atoms with Crippen LogP contribution in [0.2, 0.25) is 0 Å². The summed E-state index contributed by atoms with van der Waals surface area (Å²) in [4.78, 5) is 0. The van der Waals surface area contributed by atoms with Crippen LogP contribution in [-0.4, -0.2) is 24.7 Å². The summed E-state index contributed by atoms with van der Waals surface area (Å²) in [5, 5.41) is 19.0. The second-order valence-corrected chi connectivity index (χ2v) is 4.65. The zero-order valence-electron chi connectivity index (χ0n) is 11.4. The number of hydrogen-bond donors (Lipinski definition) is 1. The molecule has 0 aliphatic carbocycles. The van der Waals surface area contributed by atoms with Crippen molar-refractivity contribution in [3.8, 4) is 0 Å². The summed E-state index contributed by atoms with van der Waals surface area (Å²) in [6, 6.07) is 3.94. The molecule has 0 fully saturated rings. The molecule has 0 saturated heterocycles. The number of aromatic nitrogens is 4. The van der Waals surface area contributed by atoms with Gasteiger partial charge in [0.2, 0.25) is 0 Å². The van der Waals surface area contributed by atoms with Gasteiger partial charge in [0.05, 0.1) is 17.1 Å². The van der Waals surface area contributed by atoms with Crippen LogP contribution >= 0.6 is 0 Å². The van der Waals surface area contributed by atoms with E-state index in [-0.39, 0.29) is 0 Å². The molecule has 0 aliphatic rings. The van der Waals surface area contributed by atoms with Crippen molar-refractivity contribution in [3.05, 3.63) is 34.9 Å². The average molecular weight is 248 g/mol. The maximum atomic E-state index is 10.3. The second-order valence-electron chi connectivity index (χ2n) is 4.65. The molecule has 0 spiro atoms. The third-order valence-electron chi connectivity index (χ3n) is 3.08. The molecule has 2 heterocycles. The highest BCUT2D eigenvalue weighted by molar-refractivity contribution is 5.16. The van der Waals surface area contributed by atoms with Gasteiger partial charge in [-0.25, -0.2) is 0 Å². The minimum Gasteiger partial charge on any atom is -0.386 e. The third-order valence-corrected chi connectivity index (χ3v) is 3.08. The molecule has 0 aromatic carbocycles. The van der Waals surface area contributed by atoms with Crippen LogP contribution in [0, 0.1) is 13.8 Å². The highest BCUT2D eigenvalue weighted by Crippen LogP contribution is 2.19. The van der Waals surface area contributed by atoms with Gasteiger partial charge in [-0.05, 0) is 32.9 Å². The molecule has 0 amide bonds. The number of aliphatic hydroxyl groups is 1. The second kappa shape index (κ2) is 4.94. The van der Waals surface area contributed by atoms with Crippen LogP contribution in [-0.2, 0) is 20.0 Å². The van der Waals surface area contributed by atoms with Crippen molar-refractivity contribution in [2.24, 2.45) is 7.05 Å². The minimum atomic E-state index is -0.541. The Morgan fingerprint density at radius 1 is 1.22 bits per heavy atom. The standard InChI is InChI=1S/C13H20N4O/c1-5-17-12(7-10(3)15-17)13(18)8-11-6-9(2)14-16(11)4/h6-7,13,18H,5,8H2,1-4H3. The normalized spacial score (nSPS) is 12.9. The van der Waals surface area contributed by atoms with Crippen LogP contribution in [0.25, 0.3) is 0 Å². The molecule has 0 aliphatic heterocycles. The first-order chi connectivity index (χ1) is 8.51. The summed E-state index contributed by atoms with van der Waals surface area (Å²) in [6.45, 7) is 6.69. The van der Waals surface area contributed by atoms with Gasteiger partial charge >= 0.3 is 0 Å². The van der Waals surface area contributed by atoms with Crippen LogP contribution < -0.4 is 0 Å². The lowest BCUT2D eigenvalue weighted by atomic mass is 10.1. The molecule has 5 nitrogen and oxygen atoms in total. The molecule has 2 aromatic rings. The molecule has 1 unspecified atom stereocenters. The first-order valence-electron chi connectivity index (χ1n) is 6.23. The Balaban J connectivity index is 2.21. The fraction of sp³-hybridized carbons (Fsp3) is 0.538. The zero-order chi connectivity index (χ0) is 13.3. The molecular formula is C13H20N4O. The molecule has 18 heavy (non-hydrogen) atoms. The van der Waals surface area contributed by atoms with E-state index in [0.29, 0.717) is 6.42 Å². The molecule has 5 heteroatoms. The van der Waals surface area contributed by atoms with Crippen LogP contribution in [0.1, 0.15) is 35.8 Å². The molecule has 1 atom stereocenters. The van der Waals surface area contributed by atoms with E-state index >= 15 is 0 Å². The van der Waals surface area contributed by atoms with Gasteiger partial charge in [0.1, 0.15) is 6.10 Å². The molecule has 0 bridgehead atoms. The van der Waals surface area contributed by atoms with Crippen molar-refractivity contribution in [1.29, 1.82) is 0 Å². The van der Waals surface area contributed by atoms with Crippen molar-refractivity contribution in [2.75, 3.05) is 0 Å². The summed E-state index contributed by atoms with van der Waals surface area (Å²) >= 11 is 0. The molecule has 2 aromatic heterocycles. The van der Waals surface area contributed by atoms with Crippen LogP contribution in [0.3, 0.4) is 0 Å². The topological polar surface area (TPSA) is 55.9 Å². The Morgan fingerprint density at radius 3 is 2.44 bits per heavy atom. The Morgan fingerprint density at radius 2 is 1.89 bits per heavy atom. The van der Waals surface area contributed by atoms with E-state index in [2.05, 4.69) is 10.2 Å². The van der Waals surface area contributed by atoms with Crippen molar-refractivity contribution in [2.45, 2.75) is 39.8 Å². The van der Waals surface area contributed by atoms with E-state index in [1.54, 1.807) is 0 Å². The summed E-state index contributed by atoms with van der Waals surface area (Å²) in [7, 11) is 1.90. The lowest BCUT2D eigenvalue weighted by molar-refractivity contribution is 0.164. The molecule has 0 radical (unpaired) electrons. The fourth-order valence-electron chi connectivity index (χ4n) is 2.24. The predicted molar refractivity (Wildman–Crippen MR) is 69.2 cm³/mol. The van der Waals surface area contributed by atoms with Gasteiger partial charge in [-0.2, -0.15) is 10.2 Å². The molecule has 0 saturated carbocycles. The fourth-order valence-corrected chi connectivity index (χ4v) is 2.24. The average Bonchev–Trinajstić information content (AvgIpc) is 2.82. The van der Waals surface area contributed by atoms with Gasteiger partial charge in [-0.1, -0.05) is 0 Å².